The number of carbonyl (C=O) groups is 1. The maximum absolute atomic E-state index is 11.0. The van der Waals surface area contributed by atoms with Gasteiger partial charge in [0.1, 0.15) is 11.7 Å². The monoisotopic (exact) mass is 232 g/mol. The highest BCUT2D eigenvalue weighted by Crippen LogP contribution is 2.28. The number of ether oxygens (including phenoxy) is 1. The summed E-state index contributed by atoms with van der Waals surface area (Å²) < 4.78 is 5.35. The molecule has 0 spiro atoms. The van der Waals surface area contributed by atoms with E-state index in [1.54, 1.807) is 36.4 Å². The quantitative estimate of drug-likeness (QED) is 0.776. The van der Waals surface area contributed by atoms with E-state index in [2.05, 4.69) is 0 Å². The Labute approximate surface area is 98.5 Å². The molecule has 0 fully saturated rings. The molecule has 2 atom stereocenters. The highest BCUT2D eigenvalue weighted by molar-refractivity contribution is 5.74. The normalized spacial score (nSPS) is 26.8. The zero-order valence-electron chi connectivity index (χ0n) is 8.98. The van der Waals surface area contributed by atoms with Crippen LogP contribution < -0.4 is 4.74 Å². The minimum atomic E-state index is -1.85. The lowest BCUT2D eigenvalue weighted by Gasteiger charge is -2.31. The molecule has 4 nitrogen and oxygen atoms in total. The Hall–Kier alpha value is -2.07. The van der Waals surface area contributed by atoms with Crippen molar-refractivity contribution in [1.29, 1.82) is 0 Å². The van der Waals surface area contributed by atoms with Crippen molar-refractivity contribution in [2.24, 2.45) is 5.92 Å². The van der Waals surface area contributed by atoms with Crippen LogP contribution in [0.15, 0.2) is 54.6 Å². The maximum Gasteiger partial charge on any atom is 0.317 e. The summed E-state index contributed by atoms with van der Waals surface area (Å²) in [6, 6.07) is 8.61. The number of hydrogen-bond donors (Lipinski definition) is 2. The van der Waals surface area contributed by atoms with Crippen LogP contribution in [-0.2, 0) is 4.79 Å². The molecule has 17 heavy (non-hydrogen) atoms. The van der Waals surface area contributed by atoms with Crippen molar-refractivity contribution in [2.75, 3.05) is 0 Å². The van der Waals surface area contributed by atoms with E-state index in [9.17, 15) is 9.90 Å². The largest absolute Gasteiger partial charge is 0.481 e. The first-order valence-corrected chi connectivity index (χ1v) is 5.17. The number of benzene rings is 1. The molecule has 0 saturated carbocycles. The highest BCUT2D eigenvalue weighted by atomic mass is 16.6. The summed E-state index contributed by atoms with van der Waals surface area (Å²) in [5.74, 6) is -3.68. The van der Waals surface area contributed by atoms with E-state index >= 15 is 0 Å². The molecule has 0 amide bonds. The topological polar surface area (TPSA) is 66.8 Å². The molecule has 0 heterocycles. The summed E-state index contributed by atoms with van der Waals surface area (Å²) in [7, 11) is 0. The second kappa shape index (κ2) is 4.43. The fourth-order valence-corrected chi connectivity index (χ4v) is 1.64. The Balaban J connectivity index is 2.25. The van der Waals surface area contributed by atoms with Gasteiger partial charge in [0.2, 0.25) is 5.79 Å². The zero-order chi connectivity index (χ0) is 12.3. The summed E-state index contributed by atoms with van der Waals surface area (Å²) in [5, 5.41) is 19.2. The van der Waals surface area contributed by atoms with Crippen molar-refractivity contribution in [3.63, 3.8) is 0 Å². The molecule has 0 aliphatic heterocycles. The molecule has 0 radical (unpaired) electrons. The van der Waals surface area contributed by atoms with Gasteiger partial charge >= 0.3 is 5.97 Å². The summed E-state index contributed by atoms with van der Waals surface area (Å²) in [5.41, 5.74) is 0. The lowest BCUT2D eigenvalue weighted by atomic mass is 9.94. The maximum atomic E-state index is 11.0. The number of aliphatic carboxylic acids is 1. The SMILES string of the molecule is O=C(O)C1C=CC=CC1(O)Oc1ccccc1. The van der Waals surface area contributed by atoms with Gasteiger partial charge in [-0.3, -0.25) is 4.79 Å². The fourth-order valence-electron chi connectivity index (χ4n) is 1.64. The van der Waals surface area contributed by atoms with E-state index in [-0.39, 0.29) is 0 Å². The number of aliphatic hydroxyl groups is 1. The number of rotatable bonds is 3. The average molecular weight is 232 g/mol. The van der Waals surface area contributed by atoms with Crippen molar-refractivity contribution in [3.8, 4) is 5.75 Å². The van der Waals surface area contributed by atoms with E-state index in [4.69, 9.17) is 9.84 Å². The second-order valence-corrected chi connectivity index (χ2v) is 3.73. The van der Waals surface area contributed by atoms with Gasteiger partial charge in [-0.05, 0) is 18.2 Å². The fraction of sp³-hybridized carbons (Fsp3) is 0.154. The number of carboxylic acids is 1. The van der Waals surface area contributed by atoms with E-state index in [1.165, 1.54) is 12.2 Å². The third kappa shape index (κ3) is 2.37. The van der Waals surface area contributed by atoms with Crippen LogP contribution in [0.4, 0.5) is 0 Å². The predicted molar refractivity (Wildman–Crippen MR) is 61.4 cm³/mol. The standard InChI is InChI=1S/C13H12O4/c14-12(15)11-8-4-5-9-13(11,16)17-10-6-2-1-3-7-10/h1-9,11,16H,(H,14,15). The summed E-state index contributed by atoms with van der Waals surface area (Å²) in [6.07, 6.45) is 5.86. The first kappa shape index (κ1) is 11.4. The van der Waals surface area contributed by atoms with Crippen LogP contribution in [0.3, 0.4) is 0 Å². The first-order valence-electron chi connectivity index (χ1n) is 5.17. The summed E-state index contributed by atoms with van der Waals surface area (Å²) in [6.45, 7) is 0. The van der Waals surface area contributed by atoms with Crippen LogP contribution in [0.2, 0.25) is 0 Å². The minimum absolute atomic E-state index is 0.418. The summed E-state index contributed by atoms with van der Waals surface area (Å²) >= 11 is 0. The Morgan fingerprint density at radius 2 is 1.94 bits per heavy atom. The van der Waals surface area contributed by atoms with E-state index in [1.807, 2.05) is 6.07 Å². The number of hydrogen-bond acceptors (Lipinski definition) is 3. The van der Waals surface area contributed by atoms with E-state index in [0.29, 0.717) is 5.75 Å². The lowest BCUT2D eigenvalue weighted by Crippen LogP contribution is -2.45. The van der Waals surface area contributed by atoms with Gasteiger partial charge in [0.15, 0.2) is 0 Å². The Bertz CT molecular complexity index is 464. The van der Waals surface area contributed by atoms with Crippen LogP contribution in [0, 0.1) is 5.92 Å². The van der Waals surface area contributed by atoms with Gasteiger partial charge in [-0.1, -0.05) is 36.4 Å². The van der Waals surface area contributed by atoms with Crippen LogP contribution in [0.5, 0.6) is 5.75 Å². The smallest absolute Gasteiger partial charge is 0.317 e. The molecular weight excluding hydrogens is 220 g/mol. The zero-order valence-corrected chi connectivity index (χ0v) is 8.98. The molecule has 0 saturated heterocycles. The Morgan fingerprint density at radius 3 is 2.59 bits per heavy atom. The average Bonchev–Trinajstić information content (AvgIpc) is 2.30. The van der Waals surface area contributed by atoms with Crippen LogP contribution in [0.25, 0.3) is 0 Å². The van der Waals surface area contributed by atoms with Crippen molar-refractivity contribution in [1.82, 2.24) is 0 Å². The molecule has 2 rings (SSSR count). The Kier molecular flexibility index (Phi) is 2.97. The highest BCUT2D eigenvalue weighted by Gasteiger charge is 2.41. The summed E-state index contributed by atoms with van der Waals surface area (Å²) in [4.78, 5) is 11.0. The van der Waals surface area contributed by atoms with Crippen molar-refractivity contribution >= 4 is 5.97 Å². The second-order valence-electron chi connectivity index (χ2n) is 3.73. The lowest BCUT2D eigenvalue weighted by molar-refractivity contribution is -0.167. The molecule has 0 bridgehead atoms. The van der Waals surface area contributed by atoms with Crippen LogP contribution in [-0.4, -0.2) is 22.0 Å². The third-order valence-electron chi connectivity index (χ3n) is 2.49. The molecule has 1 aliphatic rings. The molecular formula is C13H12O4. The number of carboxylic acid groups (broad SMARTS) is 1. The van der Waals surface area contributed by atoms with Crippen LogP contribution in [0.1, 0.15) is 0 Å². The van der Waals surface area contributed by atoms with Gasteiger partial charge < -0.3 is 14.9 Å². The number of para-hydroxylation sites is 1. The molecule has 88 valence electrons. The molecule has 2 unspecified atom stereocenters. The molecule has 1 aromatic carbocycles. The van der Waals surface area contributed by atoms with Gasteiger partial charge in [0, 0.05) is 0 Å². The van der Waals surface area contributed by atoms with Crippen LogP contribution >= 0.6 is 0 Å². The molecule has 1 aliphatic carbocycles. The number of allylic oxidation sites excluding steroid dienone is 2. The third-order valence-corrected chi connectivity index (χ3v) is 2.49. The molecule has 2 N–H and O–H groups in total. The first-order chi connectivity index (χ1) is 8.12. The van der Waals surface area contributed by atoms with Crippen molar-refractivity contribution in [2.45, 2.75) is 5.79 Å². The van der Waals surface area contributed by atoms with Gasteiger partial charge in [0.05, 0.1) is 0 Å². The molecule has 1 aromatic rings. The van der Waals surface area contributed by atoms with E-state index in [0.717, 1.165) is 0 Å². The predicted octanol–water partition coefficient (Wildman–Crippen LogP) is 1.58. The van der Waals surface area contributed by atoms with Crippen molar-refractivity contribution in [3.05, 3.63) is 54.6 Å². The molecule has 4 heteroatoms. The minimum Gasteiger partial charge on any atom is -0.481 e. The van der Waals surface area contributed by atoms with Gasteiger partial charge in [-0.25, -0.2) is 0 Å². The van der Waals surface area contributed by atoms with Gasteiger partial charge in [-0.2, -0.15) is 0 Å². The van der Waals surface area contributed by atoms with Gasteiger partial charge in [-0.15, -0.1) is 0 Å². The van der Waals surface area contributed by atoms with Crippen molar-refractivity contribution < 1.29 is 19.7 Å². The van der Waals surface area contributed by atoms with Gasteiger partial charge in [0.25, 0.3) is 0 Å². The Morgan fingerprint density at radius 1 is 1.24 bits per heavy atom. The molecule has 0 aromatic heterocycles. The van der Waals surface area contributed by atoms with E-state index < -0.39 is 17.7 Å².